The molecule has 1 N–H and O–H groups in total. The monoisotopic (exact) mass is 399 g/mol. The predicted octanol–water partition coefficient (Wildman–Crippen LogP) is 3.01. The van der Waals surface area contributed by atoms with Crippen LogP contribution in [-0.2, 0) is 16.0 Å². The van der Waals surface area contributed by atoms with Gasteiger partial charge in [0, 0.05) is 5.39 Å². The highest BCUT2D eigenvalue weighted by Gasteiger charge is 2.46. The summed E-state index contributed by atoms with van der Waals surface area (Å²) < 4.78 is 0. The molecule has 2 fully saturated rings. The van der Waals surface area contributed by atoms with Crippen LogP contribution in [0.4, 0.5) is 5.69 Å². The van der Waals surface area contributed by atoms with Crippen LogP contribution in [-0.4, -0.2) is 30.9 Å². The SMILES string of the molecule is O=C1C[C@@H]([NH+]2CCC(Cc3ccccc3)CC2)C(=O)N1c1cccc2ccccc12. The van der Waals surface area contributed by atoms with Gasteiger partial charge in [0.25, 0.3) is 5.91 Å². The maximum absolute atomic E-state index is 13.3. The summed E-state index contributed by atoms with van der Waals surface area (Å²) in [6, 6.07) is 24.2. The third-order valence-corrected chi connectivity index (χ3v) is 6.76. The van der Waals surface area contributed by atoms with E-state index in [1.165, 1.54) is 15.4 Å². The van der Waals surface area contributed by atoms with Gasteiger partial charge < -0.3 is 4.90 Å². The van der Waals surface area contributed by atoms with E-state index in [-0.39, 0.29) is 17.9 Å². The minimum absolute atomic E-state index is 0.0344. The standard InChI is InChI=1S/C26H26N2O2/c29-25-18-24(27-15-13-20(14-16-27)17-19-7-2-1-3-8-19)26(30)28(25)23-12-6-10-21-9-4-5-11-22(21)23/h1-12,20,24H,13-18H2/p+1/t24-/m1/s1. The zero-order chi connectivity index (χ0) is 20.5. The lowest BCUT2D eigenvalue weighted by molar-refractivity contribution is -0.920. The molecule has 2 heterocycles. The van der Waals surface area contributed by atoms with Crippen LogP contribution in [0.2, 0.25) is 0 Å². The Hall–Kier alpha value is -2.98. The molecule has 3 aromatic carbocycles. The van der Waals surface area contributed by atoms with Gasteiger partial charge in [0.05, 0.1) is 25.2 Å². The van der Waals surface area contributed by atoms with Gasteiger partial charge in [-0.3, -0.25) is 9.59 Å². The van der Waals surface area contributed by atoms with Crippen LogP contribution in [0.5, 0.6) is 0 Å². The molecule has 0 aromatic heterocycles. The Morgan fingerprint density at radius 2 is 1.53 bits per heavy atom. The maximum Gasteiger partial charge on any atom is 0.292 e. The van der Waals surface area contributed by atoms with Crippen molar-refractivity contribution in [2.45, 2.75) is 31.7 Å². The Morgan fingerprint density at radius 3 is 2.33 bits per heavy atom. The van der Waals surface area contributed by atoms with Crippen molar-refractivity contribution in [2.24, 2.45) is 5.92 Å². The third kappa shape index (κ3) is 3.52. The Morgan fingerprint density at radius 1 is 0.833 bits per heavy atom. The lowest BCUT2D eigenvalue weighted by Gasteiger charge is -2.32. The number of hydrogen-bond donors (Lipinski definition) is 1. The van der Waals surface area contributed by atoms with Crippen molar-refractivity contribution in [3.05, 3.63) is 78.4 Å². The number of amides is 2. The second-order valence-electron chi connectivity index (χ2n) is 8.61. The number of imide groups is 1. The van der Waals surface area contributed by atoms with E-state index in [0.29, 0.717) is 12.3 Å². The zero-order valence-corrected chi connectivity index (χ0v) is 17.1. The number of quaternary nitrogens is 1. The fourth-order valence-electron chi connectivity index (χ4n) is 5.16. The molecule has 0 unspecified atom stereocenters. The lowest BCUT2D eigenvalue weighted by Crippen LogP contribution is -3.17. The first-order chi connectivity index (χ1) is 14.7. The summed E-state index contributed by atoms with van der Waals surface area (Å²) in [5.41, 5.74) is 2.11. The van der Waals surface area contributed by atoms with E-state index in [2.05, 4.69) is 30.3 Å². The molecule has 2 aliphatic heterocycles. The number of piperidine rings is 1. The van der Waals surface area contributed by atoms with Crippen molar-refractivity contribution in [3.63, 3.8) is 0 Å². The molecule has 0 radical (unpaired) electrons. The molecule has 4 nitrogen and oxygen atoms in total. The van der Waals surface area contributed by atoms with E-state index in [4.69, 9.17) is 0 Å². The minimum Gasteiger partial charge on any atom is -0.324 e. The van der Waals surface area contributed by atoms with E-state index < -0.39 is 0 Å². The Bertz CT molecular complexity index is 1070. The van der Waals surface area contributed by atoms with E-state index >= 15 is 0 Å². The van der Waals surface area contributed by atoms with E-state index in [1.54, 1.807) is 0 Å². The van der Waals surface area contributed by atoms with Crippen molar-refractivity contribution in [3.8, 4) is 0 Å². The molecule has 0 saturated carbocycles. The fourth-order valence-corrected chi connectivity index (χ4v) is 5.16. The molecular weight excluding hydrogens is 372 g/mol. The van der Waals surface area contributed by atoms with Crippen molar-refractivity contribution in [1.29, 1.82) is 0 Å². The molecule has 2 amide bonds. The first-order valence-corrected chi connectivity index (χ1v) is 10.9. The van der Waals surface area contributed by atoms with E-state index in [0.717, 1.165) is 48.8 Å². The molecule has 0 bridgehead atoms. The minimum atomic E-state index is -0.242. The molecule has 4 heteroatoms. The Kier molecular flexibility index (Phi) is 5.09. The van der Waals surface area contributed by atoms with Gasteiger partial charge in [0.1, 0.15) is 0 Å². The number of hydrogen-bond acceptors (Lipinski definition) is 2. The number of carbonyl (C=O) groups excluding carboxylic acids is 2. The predicted molar refractivity (Wildman–Crippen MR) is 118 cm³/mol. The molecule has 1 atom stereocenters. The second-order valence-corrected chi connectivity index (χ2v) is 8.61. The summed E-state index contributed by atoms with van der Waals surface area (Å²) in [7, 11) is 0. The zero-order valence-electron chi connectivity index (χ0n) is 17.1. The van der Waals surface area contributed by atoms with Crippen molar-refractivity contribution in [2.75, 3.05) is 18.0 Å². The van der Waals surface area contributed by atoms with E-state index in [1.807, 2.05) is 42.5 Å². The van der Waals surface area contributed by atoms with Crippen molar-refractivity contribution < 1.29 is 14.5 Å². The van der Waals surface area contributed by atoms with Crippen LogP contribution >= 0.6 is 0 Å². The summed E-state index contributed by atoms with van der Waals surface area (Å²) in [6.07, 6.45) is 3.64. The number of nitrogens with one attached hydrogen (secondary N) is 1. The molecule has 0 aliphatic carbocycles. The van der Waals surface area contributed by atoms with Crippen LogP contribution in [0.25, 0.3) is 10.8 Å². The topological polar surface area (TPSA) is 41.8 Å². The van der Waals surface area contributed by atoms with Gasteiger partial charge in [-0.05, 0) is 42.2 Å². The van der Waals surface area contributed by atoms with Crippen LogP contribution in [0, 0.1) is 5.92 Å². The normalized spacial score (nSPS) is 24.5. The van der Waals surface area contributed by atoms with E-state index in [9.17, 15) is 9.59 Å². The fraction of sp³-hybridized carbons (Fsp3) is 0.308. The average molecular weight is 400 g/mol. The number of rotatable bonds is 4. The number of fused-ring (bicyclic) bond motifs is 1. The number of carbonyl (C=O) groups is 2. The Labute approximate surface area is 177 Å². The molecule has 152 valence electrons. The quantitative estimate of drug-likeness (QED) is 0.686. The maximum atomic E-state index is 13.3. The molecular formula is C26H27N2O2+. The largest absolute Gasteiger partial charge is 0.324 e. The summed E-state index contributed by atoms with van der Waals surface area (Å²) in [6.45, 7) is 1.93. The van der Waals surface area contributed by atoms with Crippen LogP contribution in [0.3, 0.4) is 0 Å². The highest BCUT2D eigenvalue weighted by molar-refractivity contribution is 6.24. The first kappa shape index (κ1) is 19.0. The van der Waals surface area contributed by atoms with Crippen molar-refractivity contribution >= 4 is 28.3 Å². The smallest absolute Gasteiger partial charge is 0.292 e. The highest BCUT2D eigenvalue weighted by Crippen LogP contribution is 2.30. The van der Waals surface area contributed by atoms with Gasteiger partial charge in [-0.15, -0.1) is 0 Å². The summed E-state index contributed by atoms with van der Waals surface area (Å²) in [4.78, 5) is 28.9. The number of nitrogens with zero attached hydrogens (tertiary/aromatic N) is 1. The molecule has 2 aliphatic rings. The van der Waals surface area contributed by atoms with Gasteiger partial charge in [-0.2, -0.15) is 0 Å². The second kappa shape index (κ2) is 8.04. The van der Waals surface area contributed by atoms with Gasteiger partial charge in [-0.25, -0.2) is 4.90 Å². The van der Waals surface area contributed by atoms with Gasteiger partial charge in [-0.1, -0.05) is 66.7 Å². The van der Waals surface area contributed by atoms with Gasteiger partial charge in [0.2, 0.25) is 5.91 Å². The first-order valence-electron chi connectivity index (χ1n) is 10.9. The van der Waals surface area contributed by atoms with Crippen LogP contribution < -0.4 is 9.80 Å². The lowest BCUT2D eigenvalue weighted by atomic mass is 9.89. The number of likely N-dealkylation sites (tertiary alicyclic amines) is 1. The average Bonchev–Trinajstić information content (AvgIpc) is 3.08. The molecule has 30 heavy (non-hydrogen) atoms. The molecule has 3 aromatic rings. The van der Waals surface area contributed by atoms with Crippen LogP contribution in [0.1, 0.15) is 24.8 Å². The molecule has 5 rings (SSSR count). The van der Waals surface area contributed by atoms with Crippen LogP contribution in [0.15, 0.2) is 72.8 Å². The van der Waals surface area contributed by atoms with Gasteiger partial charge >= 0.3 is 0 Å². The summed E-state index contributed by atoms with van der Waals surface area (Å²) in [5, 5.41) is 2.01. The molecule has 2 saturated heterocycles. The number of benzene rings is 3. The summed E-state index contributed by atoms with van der Waals surface area (Å²) >= 11 is 0. The summed E-state index contributed by atoms with van der Waals surface area (Å²) in [5.74, 6) is 0.561. The third-order valence-electron chi connectivity index (χ3n) is 6.76. The molecule has 0 spiro atoms. The number of anilines is 1. The van der Waals surface area contributed by atoms with Crippen molar-refractivity contribution in [1.82, 2.24) is 0 Å². The van der Waals surface area contributed by atoms with Gasteiger partial charge in [0.15, 0.2) is 6.04 Å². The highest BCUT2D eigenvalue weighted by atomic mass is 16.2. The Balaban J connectivity index is 1.29.